The van der Waals surface area contributed by atoms with Gasteiger partial charge in [-0.3, -0.25) is 0 Å². The summed E-state index contributed by atoms with van der Waals surface area (Å²) in [7, 11) is 0. The Hall–Kier alpha value is -0.680. The number of benzene rings is 1. The summed E-state index contributed by atoms with van der Waals surface area (Å²) in [5.74, 6) is 1.36. The molecule has 0 saturated carbocycles. The predicted molar refractivity (Wildman–Crippen MR) is 77.2 cm³/mol. The second kappa shape index (κ2) is 6.66. The quantitative estimate of drug-likeness (QED) is 0.897. The summed E-state index contributed by atoms with van der Waals surface area (Å²) in [6.07, 6.45) is 0.227. The largest absolute Gasteiger partial charge is 0.454 e. The van der Waals surface area contributed by atoms with E-state index in [1.54, 1.807) is 12.1 Å². The lowest BCUT2D eigenvalue weighted by atomic mass is 9.91. The molecule has 1 aromatic carbocycles. The van der Waals surface area contributed by atoms with E-state index in [-0.39, 0.29) is 25.1 Å². The van der Waals surface area contributed by atoms with Gasteiger partial charge in [0, 0.05) is 11.1 Å². The molecule has 19 heavy (non-hydrogen) atoms. The van der Waals surface area contributed by atoms with E-state index in [0.717, 1.165) is 6.42 Å². The zero-order valence-electron chi connectivity index (χ0n) is 10.9. The highest BCUT2D eigenvalue weighted by molar-refractivity contribution is 6.31. The number of ether oxygens (including phenoxy) is 2. The number of halogens is 2. The van der Waals surface area contributed by atoms with Gasteiger partial charge in [0.05, 0.1) is 12.1 Å². The van der Waals surface area contributed by atoms with Crippen molar-refractivity contribution in [1.29, 1.82) is 0 Å². The normalized spacial score (nSPS) is 17.5. The average Bonchev–Trinajstić information content (AvgIpc) is 2.82. The van der Waals surface area contributed by atoms with Crippen LogP contribution in [0.15, 0.2) is 12.1 Å². The Kier molecular flexibility index (Phi) is 5.74. The second-order valence-electron chi connectivity index (χ2n) is 4.63. The number of hydrogen-bond donors (Lipinski definition) is 2. The van der Waals surface area contributed by atoms with Crippen LogP contribution in [0.3, 0.4) is 0 Å². The van der Waals surface area contributed by atoms with Crippen LogP contribution in [0.1, 0.15) is 31.9 Å². The number of aliphatic hydroxyl groups is 1. The molecule has 0 amide bonds. The van der Waals surface area contributed by atoms with Crippen LogP contribution in [0.4, 0.5) is 0 Å². The van der Waals surface area contributed by atoms with Gasteiger partial charge in [0.1, 0.15) is 0 Å². The Bertz CT molecular complexity index is 442. The van der Waals surface area contributed by atoms with Crippen molar-refractivity contribution in [2.75, 3.05) is 6.79 Å². The van der Waals surface area contributed by atoms with Gasteiger partial charge in [-0.2, -0.15) is 0 Å². The maximum Gasteiger partial charge on any atom is 0.231 e. The van der Waals surface area contributed by atoms with Crippen molar-refractivity contribution < 1.29 is 14.6 Å². The molecule has 0 bridgehead atoms. The second-order valence-corrected chi connectivity index (χ2v) is 5.04. The maximum atomic E-state index is 10.2. The molecule has 3 atom stereocenters. The fourth-order valence-corrected chi connectivity index (χ4v) is 2.25. The summed E-state index contributed by atoms with van der Waals surface area (Å²) in [5, 5.41) is 10.7. The number of fused-ring (bicyclic) bond motifs is 1. The summed E-state index contributed by atoms with van der Waals surface area (Å²) < 4.78 is 10.5. The van der Waals surface area contributed by atoms with Crippen molar-refractivity contribution in [1.82, 2.24) is 0 Å². The highest BCUT2D eigenvalue weighted by Crippen LogP contribution is 2.39. The molecule has 0 radical (unpaired) electrons. The number of aliphatic hydroxyl groups excluding tert-OH is 1. The van der Waals surface area contributed by atoms with Crippen molar-refractivity contribution in [3.05, 3.63) is 22.7 Å². The maximum absolute atomic E-state index is 10.2. The van der Waals surface area contributed by atoms with E-state index >= 15 is 0 Å². The van der Waals surface area contributed by atoms with Gasteiger partial charge >= 0.3 is 0 Å². The predicted octanol–water partition coefficient (Wildman–Crippen LogP) is 2.90. The Labute approximate surface area is 124 Å². The van der Waals surface area contributed by atoms with Gasteiger partial charge in [-0.15, -0.1) is 12.4 Å². The van der Waals surface area contributed by atoms with E-state index < -0.39 is 12.1 Å². The minimum absolute atomic E-state index is 0. The first-order valence-corrected chi connectivity index (χ1v) is 6.45. The van der Waals surface area contributed by atoms with Crippen LogP contribution in [0.2, 0.25) is 5.02 Å². The molecule has 6 heteroatoms. The lowest BCUT2D eigenvalue weighted by molar-refractivity contribution is 0.0879. The monoisotopic (exact) mass is 307 g/mol. The molecule has 0 fully saturated rings. The number of nitrogens with two attached hydrogens (primary N) is 1. The lowest BCUT2D eigenvalue weighted by Crippen LogP contribution is -2.31. The van der Waals surface area contributed by atoms with Crippen molar-refractivity contribution in [3.8, 4) is 11.5 Å². The third-order valence-corrected chi connectivity index (χ3v) is 3.77. The van der Waals surface area contributed by atoms with Gasteiger partial charge < -0.3 is 20.3 Å². The van der Waals surface area contributed by atoms with Gasteiger partial charge in [0.2, 0.25) is 6.79 Å². The minimum atomic E-state index is -0.632. The molecule has 0 aliphatic carbocycles. The van der Waals surface area contributed by atoms with Gasteiger partial charge in [-0.05, 0) is 17.5 Å². The van der Waals surface area contributed by atoms with Crippen molar-refractivity contribution in [3.63, 3.8) is 0 Å². The molecule has 0 aromatic heterocycles. The lowest BCUT2D eigenvalue weighted by Gasteiger charge is -2.25. The van der Waals surface area contributed by atoms with Crippen LogP contribution in [-0.2, 0) is 0 Å². The highest BCUT2D eigenvalue weighted by atomic mass is 35.5. The zero-order valence-corrected chi connectivity index (χ0v) is 12.5. The molecular weight excluding hydrogens is 289 g/mol. The first-order valence-electron chi connectivity index (χ1n) is 6.07. The van der Waals surface area contributed by atoms with E-state index in [9.17, 15) is 5.11 Å². The molecule has 3 N–H and O–H groups in total. The fourth-order valence-electron chi connectivity index (χ4n) is 1.97. The highest BCUT2D eigenvalue weighted by Gasteiger charge is 2.26. The summed E-state index contributed by atoms with van der Waals surface area (Å²) >= 11 is 6.17. The standard InChI is InChI=1S/C13H18ClNO3.ClH/c1-3-7(2)13(16)12(15)8-4-10-11(5-9(8)14)18-6-17-10;/h4-5,7,12-13,16H,3,6,15H2,1-2H3;1H/t7?,12-,13+;/m0./s1. The molecule has 1 aromatic rings. The smallest absolute Gasteiger partial charge is 0.231 e. The minimum Gasteiger partial charge on any atom is -0.454 e. The average molecular weight is 308 g/mol. The van der Waals surface area contributed by atoms with E-state index in [4.69, 9.17) is 26.8 Å². The molecule has 1 unspecified atom stereocenters. The molecular formula is C13H19Cl2NO3. The molecule has 1 heterocycles. The van der Waals surface area contributed by atoms with Crippen LogP contribution in [0, 0.1) is 5.92 Å². The van der Waals surface area contributed by atoms with E-state index in [0.29, 0.717) is 22.1 Å². The summed E-state index contributed by atoms with van der Waals surface area (Å²) in [6, 6.07) is 2.91. The SMILES string of the molecule is CCC(C)[C@@H](O)[C@@H](N)c1cc2c(cc1Cl)OCO2.Cl. The third kappa shape index (κ3) is 3.26. The van der Waals surface area contributed by atoms with Gasteiger partial charge in [0.25, 0.3) is 0 Å². The molecule has 2 rings (SSSR count). The van der Waals surface area contributed by atoms with Crippen LogP contribution >= 0.6 is 24.0 Å². The van der Waals surface area contributed by atoms with Crippen molar-refractivity contribution >= 4 is 24.0 Å². The molecule has 0 spiro atoms. The van der Waals surface area contributed by atoms with Crippen molar-refractivity contribution in [2.24, 2.45) is 11.7 Å². The van der Waals surface area contributed by atoms with Crippen molar-refractivity contribution in [2.45, 2.75) is 32.4 Å². The van der Waals surface area contributed by atoms with Gasteiger partial charge in [-0.25, -0.2) is 0 Å². The first kappa shape index (κ1) is 16.4. The molecule has 108 valence electrons. The first-order chi connectivity index (χ1) is 8.54. The number of rotatable bonds is 4. The topological polar surface area (TPSA) is 64.7 Å². The Morgan fingerprint density at radius 2 is 1.95 bits per heavy atom. The molecule has 4 nitrogen and oxygen atoms in total. The van der Waals surface area contributed by atoms with Crippen LogP contribution < -0.4 is 15.2 Å². The Balaban J connectivity index is 0.00000180. The third-order valence-electron chi connectivity index (χ3n) is 3.45. The number of hydrogen-bond acceptors (Lipinski definition) is 4. The van der Waals surface area contributed by atoms with E-state index in [1.807, 2.05) is 13.8 Å². The van der Waals surface area contributed by atoms with Crippen LogP contribution in [0.5, 0.6) is 11.5 Å². The van der Waals surface area contributed by atoms with Gasteiger partial charge in [0.15, 0.2) is 11.5 Å². The van der Waals surface area contributed by atoms with E-state index in [1.165, 1.54) is 0 Å². The zero-order chi connectivity index (χ0) is 13.3. The molecule has 1 aliphatic rings. The van der Waals surface area contributed by atoms with Crippen LogP contribution in [-0.4, -0.2) is 18.0 Å². The Morgan fingerprint density at radius 1 is 1.37 bits per heavy atom. The van der Waals surface area contributed by atoms with Crippen LogP contribution in [0.25, 0.3) is 0 Å². The van der Waals surface area contributed by atoms with Gasteiger partial charge in [-0.1, -0.05) is 31.9 Å². The summed E-state index contributed by atoms with van der Waals surface area (Å²) in [4.78, 5) is 0. The summed E-state index contributed by atoms with van der Waals surface area (Å²) in [6.45, 7) is 4.17. The Morgan fingerprint density at radius 3 is 2.53 bits per heavy atom. The molecule has 0 saturated heterocycles. The molecule has 1 aliphatic heterocycles. The van der Waals surface area contributed by atoms with E-state index in [2.05, 4.69) is 0 Å². The summed E-state index contributed by atoms with van der Waals surface area (Å²) in [5.41, 5.74) is 6.77. The fraction of sp³-hybridized carbons (Fsp3) is 0.538.